The van der Waals surface area contributed by atoms with Crippen LogP contribution in [0.15, 0.2) is 24.4 Å². The minimum absolute atomic E-state index is 0.0984. The lowest BCUT2D eigenvalue weighted by Crippen LogP contribution is -2.26. The number of nitrogens with one attached hydrogen (secondary N) is 1. The maximum Gasteiger partial charge on any atom is 0.309 e. The van der Waals surface area contributed by atoms with Crippen molar-refractivity contribution in [2.75, 3.05) is 6.61 Å². The minimum atomic E-state index is -0.268. The second kappa shape index (κ2) is 5.62. The second-order valence-electron chi connectivity index (χ2n) is 4.24. The van der Waals surface area contributed by atoms with Gasteiger partial charge in [0.25, 0.3) is 0 Å². The lowest BCUT2D eigenvalue weighted by atomic mass is 10.3. The van der Waals surface area contributed by atoms with Gasteiger partial charge in [0.2, 0.25) is 5.91 Å². The van der Waals surface area contributed by atoms with Crippen LogP contribution in [0.4, 0.5) is 0 Å². The van der Waals surface area contributed by atoms with Crippen LogP contribution in [0.3, 0.4) is 0 Å². The van der Waals surface area contributed by atoms with Crippen LogP contribution in [0.5, 0.6) is 0 Å². The second-order valence-corrected chi connectivity index (χ2v) is 4.24. The summed E-state index contributed by atoms with van der Waals surface area (Å²) in [6.45, 7) is 2.51. The number of nitrogens with zero attached hydrogens (tertiary/aromatic N) is 1. The Hall–Kier alpha value is -1.91. The zero-order chi connectivity index (χ0) is 13.0. The SMILES string of the molecule is CCOC(=O)[C@@H]1C[C@@H]1C(=O)NCc1ccccn1. The maximum absolute atomic E-state index is 11.8. The van der Waals surface area contributed by atoms with Crippen LogP contribution in [0.1, 0.15) is 19.0 Å². The predicted molar refractivity (Wildman–Crippen MR) is 64.3 cm³/mol. The van der Waals surface area contributed by atoms with Crippen molar-refractivity contribution in [2.45, 2.75) is 19.9 Å². The quantitative estimate of drug-likeness (QED) is 0.786. The molecule has 96 valence electrons. The van der Waals surface area contributed by atoms with Crippen molar-refractivity contribution in [3.63, 3.8) is 0 Å². The van der Waals surface area contributed by atoms with E-state index in [1.54, 1.807) is 13.1 Å². The number of aromatic nitrogens is 1. The molecule has 5 nitrogen and oxygen atoms in total. The molecule has 2 atom stereocenters. The fourth-order valence-electron chi connectivity index (χ4n) is 1.81. The summed E-state index contributed by atoms with van der Waals surface area (Å²) < 4.78 is 4.88. The zero-order valence-electron chi connectivity index (χ0n) is 10.3. The van der Waals surface area contributed by atoms with Gasteiger partial charge < -0.3 is 10.1 Å². The Bertz CT molecular complexity index is 433. The molecule has 0 unspecified atom stereocenters. The standard InChI is InChI=1S/C13H16N2O3/c1-2-18-13(17)11-7-10(11)12(16)15-8-9-5-3-4-6-14-9/h3-6,10-11H,2,7-8H2,1H3,(H,15,16)/t10-,11+/m0/s1. The molecule has 0 aliphatic heterocycles. The third-order valence-corrected chi connectivity index (χ3v) is 2.89. The van der Waals surface area contributed by atoms with Crippen LogP contribution in [-0.2, 0) is 20.9 Å². The average molecular weight is 248 g/mol. The number of carbonyl (C=O) groups excluding carboxylic acids is 2. The Kier molecular flexibility index (Phi) is 3.92. The van der Waals surface area contributed by atoms with Crippen molar-refractivity contribution in [3.05, 3.63) is 30.1 Å². The van der Waals surface area contributed by atoms with E-state index in [4.69, 9.17) is 4.74 Å². The number of carbonyl (C=O) groups is 2. The third-order valence-electron chi connectivity index (χ3n) is 2.89. The molecule has 1 amide bonds. The molecule has 1 aliphatic carbocycles. The van der Waals surface area contributed by atoms with Crippen LogP contribution >= 0.6 is 0 Å². The highest BCUT2D eigenvalue weighted by molar-refractivity contribution is 5.90. The molecule has 1 fully saturated rings. The molecule has 0 bridgehead atoms. The molecule has 0 spiro atoms. The van der Waals surface area contributed by atoms with E-state index in [2.05, 4.69) is 10.3 Å². The number of pyridine rings is 1. The van der Waals surface area contributed by atoms with Gasteiger partial charge in [0.1, 0.15) is 0 Å². The van der Waals surface area contributed by atoms with E-state index < -0.39 is 0 Å². The topological polar surface area (TPSA) is 68.3 Å². The molecule has 1 aromatic rings. The first kappa shape index (κ1) is 12.5. The molecule has 0 radical (unpaired) electrons. The van der Waals surface area contributed by atoms with Crippen LogP contribution in [0.2, 0.25) is 0 Å². The van der Waals surface area contributed by atoms with Crippen LogP contribution in [-0.4, -0.2) is 23.5 Å². The summed E-state index contributed by atoms with van der Waals surface area (Å²) in [6, 6.07) is 5.53. The van der Waals surface area contributed by atoms with Gasteiger partial charge in [0, 0.05) is 6.20 Å². The molecule has 1 aliphatic rings. The summed E-state index contributed by atoms with van der Waals surface area (Å²) in [4.78, 5) is 27.2. The van der Waals surface area contributed by atoms with Crippen molar-refractivity contribution in [1.82, 2.24) is 10.3 Å². The van der Waals surface area contributed by atoms with Gasteiger partial charge >= 0.3 is 5.97 Å². The van der Waals surface area contributed by atoms with E-state index in [0.717, 1.165) is 5.69 Å². The van der Waals surface area contributed by atoms with Crippen molar-refractivity contribution in [1.29, 1.82) is 0 Å². The van der Waals surface area contributed by atoms with Gasteiger partial charge in [-0.25, -0.2) is 0 Å². The van der Waals surface area contributed by atoms with Gasteiger partial charge in [-0.2, -0.15) is 0 Å². The summed E-state index contributed by atoms with van der Waals surface area (Å²) >= 11 is 0. The molecule has 0 aromatic carbocycles. The van der Waals surface area contributed by atoms with E-state index in [-0.39, 0.29) is 23.7 Å². The van der Waals surface area contributed by atoms with Crippen molar-refractivity contribution < 1.29 is 14.3 Å². The first-order valence-electron chi connectivity index (χ1n) is 6.06. The van der Waals surface area contributed by atoms with E-state index in [0.29, 0.717) is 19.6 Å². The predicted octanol–water partition coefficient (Wildman–Crippen LogP) is 0.897. The Morgan fingerprint density at radius 3 is 2.94 bits per heavy atom. The molecular weight excluding hydrogens is 232 g/mol. The molecule has 1 saturated carbocycles. The first-order chi connectivity index (χ1) is 8.72. The molecule has 2 rings (SSSR count). The number of amides is 1. The van der Waals surface area contributed by atoms with Crippen LogP contribution in [0, 0.1) is 11.8 Å². The fourth-order valence-corrected chi connectivity index (χ4v) is 1.81. The van der Waals surface area contributed by atoms with Gasteiger partial charge in [0.15, 0.2) is 0 Å². The number of rotatable bonds is 5. The van der Waals surface area contributed by atoms with E-state index in [1.807, 2.05) is 18.2 Å². The molecule has 18 heavy (non-hydrogen) atoms. The summed E-state index contributed by atoms with van der Waals surface area (Å²) in [5.74, 6) is -0.851. The van der Waals surface area contributed by atoms with Crippen LogP contribution in [0.25, 0.3) is 0 Å². The van der Waals surface area contributed by atoms with Crippen LogP contribution < -0.4 is 5.32 Å². The van der Waals surface area contributed by atoms with Crippen molar-refractivity contribution in [3.8, 4) is 0 Å². The van der Waals surface area contributed by atoms with Crippen molar-refractivity contribution in [2.24, 2.45) is 11.8 Å². The Morgan fingerprint density at radius 2 is 2.28 bits per heavy atom. The van der Waals surface area contributed by atoms with Gasteiger partial charge in [-0.3, -0.25) is 14.6 Å². The minimum Gasteiger partial charge on any atom is -0.466 e. The normalized spacial score (nSPS) is 21.2. The number of esters is 1. The summed E-state index contributed by atoms with van der Waals surface area (Å²) in [6.07, 6.45) is 2.27. The fraction of sp³-hybridized carbons (Fsp3) is 0.462. The highest BCUT2D eigenvalue weighted by Crippen LogP contribution is 2.39. The lowest BCUT2D eigenvalue weighted by molar-refractivity contribution is -0.146. The van der Waals surface area contributed by atoms with Gasteiger partial charge in [-0.15, -0.1) is 0 Å². The van der Waals surface area contributed by atoms with Crippen molar-refractivity contribution >= 4 is 11.9 Å². The summed E-state index contributed by atoms with van der Waals surface area (Å²) in [5.41, 5.74) is 0.805. The Balaban J connectivity index is 1.76. The molecule has 1 N–H and O–H groups in total. The molecule has 5 heteroatoms. The lowest BCUT2D eigenvalue weighted by Gasteiger charge is -2.04. The van der Waals surface area contributed by atoms with Gasteiger partial charge in [-0.05, 0) is 25.5 Å². The smallest absolute Gasteiger partial charge is 0.309 e. The Labute approximate surface area is 106 Å². The van der Waals surface area contributed by atoms with Gasteiger partial charge in [-0.1, -0.05) is 6.07 Å². The highest BCUT2D eigenvalue weighted by atomic mass is 16.5. The number of hydrogen-bond donors (Lipinski definition) is 1. The Morgan fingerprint density at radius 1 is 1.44 bits per heavy atom. The molecule has 1 aromatic heterocycles. The highest BCUT2D eigenvalue weighted by Gasteiger charge is 2.48. The van der Waals surface area contributed by atoms with E-state index in [1.165, 1.54) is 0 Å². The van der Waals surface area contributed by atoms with E-state index >= 15 is 0 Å². The average Bonchev–Trinajstić information content (AvgIpc) is 3.18. The molecule has 1 heterocycles. The third kappa shape index (κ3) is 3.06. The number of hydrogen-bond acceptors (Lipinski definition) is 4. The zero-order valence-corrected chi connectivity index (χ0v) is 10.3. The van der Waals surface area contributed by atoms with E-state index in [9.17, 15) is 9.59 Å². The summed E-state index contributed by atoms with van der Waals surface area (Å²) in [7, 11) is 0. The first-order valence-corrected chi connectivity index (χ1v) is 6.06. The molecule has 0 saturated heterocycles. The summed E-state index contributed by atoms with van der Waals surface area (Å²) in [5, 5.41) is 2.78. The number of ether oxygens (including phenoxy) is 1. The monoisotopic (exact) mass is 248 g/mol. The van der Waals surface area contributed by atoms with Gasteiger partial charge in [0.05, 0.1) is 30.7 Å². The maximum atomic E-state index is 11.8. The largest absolute Gasteiger partial charge is 0.466 e. The molecular formula is C13H16N2O3.